The van der Waals surface area contributed by atoms with Gasteiger partial charge in [0.15, 0.2) is 0 Å². The Morgan fingerprint density at radius 3 is 2.25 bits per heavy atom. The van der Waals surface area contributed by atoms with Crippen LogP contribution >= 0.6 is 0 Å². The average molecular weight is 325 g/mol. The van der Waals surface area contributed by atoms with Crippen LogP contribution in [0, 0.1) is 0 Å². The largest absolute Gasteiger partial charge is 0.459 e. The molecule has 3 rings (SSSR count). The standard InChI is InChI=1S/C19H23N3O2/c1-15(2)24-19(23)16-8-9-18(20-14-16)22-12-10-21(11-13-22)17-6-4-3-5-7-17/h3-9,14-15H,10-13H2,1-2H3. The van der Waals surface area contributed by atoms with Gasteiger partial charge >= 0.3 is 5.97 Å². The Morgan fingerprint density at radius 2 is 1.67 bits per heavy atom. The molecule has 126 valence electrons. The molecule has 0 spiro atoms. The lowest BCUT2D eigenvalue weighted by atomic mass is 10.2. The molecule has 0 unspecified atom stereocenters. The monoisotopic (exact) mass is 325 g/mol. The van der Waals surface area contributed by atoms with Crippen LogP contribution in [-0.2, 0) is 4.74 Å². The highest BCUT2D eigenvalue weighted by molar-refractivity contribution is 5.89. The molecule has 1 aromatic carbocycles. The summed E-state index contributed by atoms with van der Waals surface area (Å²) in [5, 5.41) is 0. The van der Waals surface area contributed by atoms with Crippen LogP contribution in [0.3, 0.4) is 0 Å². The van der Waals surface area contributed by atoms with Gasteiger partial charge in [0.1, 0.15) is 5.82 Å². The minimum absolute atomic E-state index is 0.122. The molecule has 0 atom stereocenters. The average Bonchev–Trinajstić information content (AvgIpc) is 2.62. The fourth-order valence-corrected chi connectivity index (χ4v) is 2.81. The van der Waals surface area contributed by atoms with Gasteiger partial charge in [0.25, 0.3) is 0 Å². The van der Waals surface area contributed by atoms with Crippen LogP contribution in [0.25, 0.3) is 0 Å². The highest BCUT2D eigenvalue weighted by Gasteiger charge is 2.18. The number of nitrogens with zero attached hydrogens (tertiary/aromatic N) is 3. The van der Waals surface area contributed by atoms with Crippen molar-refractivity contribution in [3.05, 3.63) is 54.2 Å². The number of hydrogen-bond acceptors (Lipinski definition) is 5. The predicted molar refractivity (Wildman–Crippen MR) is 95.7 cm³/mol. The molecule has 0 aliphatic carbocycles. The zero-order chi connectivity index (χ0) is 16.9. The van der Waals surface area contributed by atoms with E-state index in [9.17, 15) is 4.79 Å². The summed E-state index contributed by atoms with van der Waals surface area (Å²) in [4.78, 5) is 20.9. The molecule has 0 N–H and O–H groups in total. The third-order valence-corrected chi connectivity index (χ3v) is 4.05. The first-order valence-electron chi connectivity index (χ1n) is 8.35. The fraction of sp³-hybridized carbons (Fsp3) is 0.368. The van der Waals surface area contributed by atoms with E-state index >= 15 is 0 Å². The predicted octanol–water partition coefficient (Wildman–Crippen LogP) is 2.97. The Morgan fingerprint density at radius 1 is 1.00 bits per heavy atom. The first-order chi connectivity index (χ1) is 11.6. The Balaban J connectivity index is 1.59. The van der Waals surface area contributed by atoms with E-state index < -0.39 is 0 Å². The lowest BCUT2D eigenvalue weighted by molar-refractivity contribution is 0.0377. The topological polar surface area (TPSA) is 45.7 Å². The summed E-state index contributed by atoms with van der Waals surface area (Å²) < 4.78 is 5.19. The van der Waals surface area contributed by atoms with Crippen LogP contribution in [0.15, 0.2) is 48.7 Å². The fourth-order valence-electron chi connectivity index (χ4n) is 2.81. The second-order valence-corrected chi connectivity index (χ2v) is 6.17. The van der Waals surface area contributed by atoms with Gasteiger partial charge in [-0.2, -0.15) is 0 Å². The van der Waals surface area contributed by atoms with Gasteiger partial charge in [0, 0.05) is 38.1 Å². The summed E-state index contributed by atoms with van der Waals surface area (Å²) in [7, 11) is 0. The molecule has 1 aromatic heterocycles. The molecule has 1 fully saturated rings. The number of rotatable bonds is 4. The Labute approximate surface area is 142 Å². The molecule has 5 heteroatoms. The van der Waals surface area contributed by atoms with Gasteiger partial charge in [-0.25, -0.2) is 9.78 Å². The highest BCUT2D eigenvalue weighted by atomic mass is 16.5. The van der Waals surface area contributed by atoms with Crippen LogP contribution in [0.1, 0.15) is 24.2 Å². The third-order valence-electron chi connectivity index (χ3n) is 4.05. The quantitative estimate of drug-likeness (QED) is 0.809. The third kappa shape index (κ3) is 3.85. The number of carbonyl (C=O) groups is 1. The van der Waals surface area contributed by atoms with E-state index in [1.165, 1.54) is 5.69 Å². The van der Waals surface area contributed by atoms with Crippen molar-refractivity contribution in [3.8, 4) is 0 Å². The van der Waals surface area contributed by atoms with E-state index in [4.69, 9.17) is 4.74 Å². The maximum absolute atomic E-state index is 11.9. The lowest BCUT2D eigenvalue weighted by Gasteiger charge is -2.36. The number of hydrogen-bond donors (Lipinski definition) is 0. The maximum atomic E-state index is 11.9. The number of pyridine rings is 1. The number of piperazine rings is 1. The molecule has 0 amide bonds. The molecule has 0 radical (unpaired) electrons. The summed E-state index contributed by atoms with van der Waals surface area (Å²) in [5.74, 6) is 0.585. The zero-order valence-electron chi connectivity index (χ0n) is 14.2. The van der Waals surface area contributed by atoms with Gasteiger partial charge in [-0.05, 0) is 38.1 Å². The summed E-state index contributed by atoms with van der Waals surface area (Å²) in [6.45, 7) is 7.43. The maximum Gasteiger partial charge on any atom is 0.339 e. The second-order valence-electron chi connectivity index (χ2n) is 6.17. The van der Waals surface area contributed by atoms with Crippen LogP contribution in [0.5, 0.6) is 0 Å². The summed E-state index contributed by atoms with van der Waals surface area (Å²) in [6, 6.07) is 14.1. The molecule has 5 nitrogen and oxygen atoms in total. The number of esters is 1. The second kappa shape index (κ2) is 7.34. The van der Waals surface area contributed by atoms with Crippen molar-refractivity contribution in [1.82, 2.24) is 4.98 Å². The molecule has 0 saturated carbocycles. The van der Waals surface area contributed by atoms with E-state index in [1.807, 2.05) is 26.0 Å². The SMILES string of the molecule is CC(C)OC(=O)c1ccc(N2CCN(c3ccccc3)CC2)nc1. The molecule has 2 aromatic rings. The smallest absolute Gasteiger partial charge is 0.339 e. The minimum atomic E-state index is -0.321. The van der Waals surface area contributed by atoms with Gasteiger partial charge in [0.05, 0.1) is 11.7 Å². The zero-order valence-corrected chi connectivity index (χ0v) is 14.2. The van der Waals surface area contributed by atoms with Crippen molar-refractivity contribution in [2.75, 3.05) is 36.0 Å². The Hall–Kier alpha value is -2.56. The highest BCUT2D eigenvalue weighted by Crippen LogP contribution is 2.19. The van der Waals surface area contributed by atoms with Crippen LogP contribution < -0.4 is 9.80 Å². The van der Waals surface area contributed by atoms with E-state index in [0.29, 0.717) is 5.56 Å². The molecule has 24 heavy (non-hydrogen) atoms. The summed E-state index contributed by atoms with van der Waals surface area (Å²) in [5.41, 5.74) is 1.76. The number of ether oxygens (including phenoxy) is 1. The van der Waals surface area contributed by atoms with Gasteiger partial charge in [-0.3, -0.25) is 0 Å². The van der Waals surface area contributed by atoms with E-state index in [2.05, 4.69) is 39.0 Å². The Bertz CT molecular complexity index is 663. The minimum Gasteiger partial charge on any atom is -0.459 e. The molecule has 1 aliphatic rings. The van der Waals surface area contributed by atoms with Gasteiger partial charge < -0.3 is 14.5 Å². The molecule has 1 saturated heterocycles. The Kier molecular flexibility index (Phi) is 4.99. The van der Waals surface area contributed by atoms with E-state index in [0.717, 1.165) is 32.0 Å². The van der Waals surface area contributed by atoms with Gasteiger partial charge in [-0.15, -0.1) is 0 Å². The van der Waals surface area contributed by atoms with Gasteiger partial charge in [0.2, 0.25) is 0 Å². The summed E-state index contributed by atoms with van der Waals surface area (Å²) in [6.07, 6.45) is 1.48. The van der Waals surface area contributed by atoms with Gasteiger partial charge in [-0.1, -0.05) is 18.2 Å². The lowest BCUT2D eigenvalue weighted by Crippen LogP contribution is -2.46. The number of aromatic nitrogens is 1. The first-order valence-corrected chi connectivity index (χ1v) is 8.35. The molecule has 1 aliphatic heterocycles. The van der Waals surface area contributed by atoms with Crippen molar-refractivity contribution < 1.29 is 9.53 Å². The summed E-state index contributed by atoms with van der Waals surface area (Å²) >= 11 is 0. The molecule has 2 heterocycles. The number of carbonyl (C=O) groups excluding carboxylic acids is 1. The van der Waals surface area contributed by atoms with Crippen LogP contribution in [0.2, 0.25) is 0 Å². The van der Waals surface area contributed by atoms with Crippen molar-refractivity contribution in [1.29, 1.82) is 0 Å². The first kappa shape index (κ1) is 16.3. The molecular formula is C19H23N3O2. The van der Waals surface area contributed by atoms with Crippen LogP contribution in [0.4, 0.5) is 11.5 Å². The molecule has 0 bridgehead atoms. The molecular weight excluding hydrogens is 302 g/mol. The normalized spacial score (nSPS) is 14.8. The van der Waals surface area contributed by atoms with Crippen LogP contribution in [-0.4, -0.2) is 43.2 Å². The van der Waals surface area contributed by atoms with E-state index in [-0.39, 0.29) is 12.1 Å². The number of para-hydroxylation sites is 1. The van der Waals surface area contributed by atoms with E-state index in [1.54, 1.807) is 12.3 Å². The van der Waals surface area contributed by atoms with Crippen molar-refractivity contribution in [3.63, 3.8) is 0 Å². The van der Waals surface area contributed by atoms with Crippen molar-refractivity contribution in [2.24, 2.45) is 0 Å². The number of anilines is 2. The number of benzene rings is 1. The van der Waals surface area contributed by atoms with Crippen molar-refractivity contribution in [2.45, 2.75) is 20.0 Å². The van der Waals surface area contributed by atoms with Crippen molar-refractivity contribution >= 4 is 17.5 Å².